The van der Waals surface area contributed by atoms with Crippen LogP contribution in [0.5, 0.6) is 0 Å². The highest BCUT2D eigenvalue weighted by Gasteiger charge is 2.51. The van der Waals surface area contributed by atoms with E-state index < -0.39 is 0 Å². The molecule has 0 aliphatic heterocycles. The van der Waals surface area contributed by atoms with Crippen LogP contribution in [-0.2, 0) is 14.3 Å². The van der Waals surface area contributed by atoms with Crippen LogP contribution in [0, 0.1) is 11.3 Å². The molecule has 0 bridgehead atoms. The van der Waals surface area contributed by atoms with Crippen molar-refractivity contribution < 1.29 is 14.3 Å². The Morgan fingerprint density at radius 1 is 1.44 bits per heavy atom. The molecule has 92 valence electrons. The fourth-order valence-electron chi connectivity index (χ4n) is 1.83. The summed E-state index contributed by atoms with van der Waals surface area (Å²) in [6, 6.07) is 0. The third-order valence-corrected chi connectivity index (χ3v) is 3.29. The van der Waals surface area contributed by atoms with Gasteiger partial charge in [0.05, 0.1) is 7.11 Å². The maximum atomic E-state index is 11.9. The molecule has 1 atom stereocenters. The number of carbonyl (C=O) groups is 2. The first kappa shape index (κ1) is 13.0. The second-order valence-corrected chi connectivity index (χ2v) is 5.18. The van der Waals surface area contributed by atoms with Crippen LogP contribution in [0.4, 0.5) is 0 Å². The minimum absolute atomic E-state index is 0.174. The molecule has 1 unspecified atom stereocenters. The molecule has 0 saturated heterocycles. The first-order valence-corrected chi connectivity index (χ1v) is 5.70. The Balaban J connectivity index is 2.23. The Labute approximate surface area is 96.9 Å². The van der Waals surface area contributed by atoms with E-state index in [2.05, 4.69) is 18.6 Å². The lowest BCUT2D eigenvalue weighted by atomic mass is 10.1. The maximum Gasteiger partial charge on any atom is 0.305 e. The molecule has 4 nitrogen and oxygen atoms in total. The highest BCUT2D eigenvalue weighted by molar-refractivity contribution is 5.82. The second kappa shape index (κ2) is 4.85. The summed E-state index contributed by atoms with van der Waals surface area (Å²) in [5, 5.41) is 0. The zero-order chi connectivity index (χ0) is 12.3. The third kappa shape index (κ3) is 3.22. The van der Waals surface area contributed by atoms with Gasteiger partial charge in [0.25, 0.3) is 0 Å². The quantitative estimate of drug-likeness (QED) is 0.668. The van der Waals surface area contributed by atoms with Gasteiger partial charge in [-0.25, -0.2) is 0 Å². The normalized spacial score (nSPS) is 21.4. The van der Waals surface area contributed by atoms with Crippen molar-refractivity contribution in [3.63, 3.8) is 0 Å². The molecule has 0 heterocycles. The van der Waals surface area contributed by atoms with Crippen molar-refractivity contribution in [2.24, 2.45) is 11.3 Å². The number of hydrogen-bond acceptors (Lipinski definition) is 3. The van der Waals surface area contributed by atoms with Crippen molar-refractivity contribution in [3.8, 4) is 0 Å². The number of esters is 1. The number of hydrogen-bond donors (Lipinski definition) is 0. The molecule has 0 radical (unpaired) electrons. The van der Waals surface area contributed by atoms with Gasteiger partial charge in [0.2, 0.25) is 5.91 Å². The summed E-state index contributed by atoms with van der Waals surface area (Å²) in [5.74, 6) is 0.165. The van der Waals surface area contributed by atoms with Crippen LogP contribution >= 0.6 is 0 Å². The summed E-state index contributed by atoms with van der Waals surface area (Å²) in [6.07, 6.45) is 2.03. The molecule has 0 aromatic rings. The van der Waals surface area contributed by atoms with E-state index >= 15 is 0 Å². The van der Waals surface area contributed by atoms with Gasteiger partial charge >= 0.3 is 5.97 Å². The number of carbonyl (C=O) groups excluding carboxylic acids is 2. The molecule has 1 aliphatic rings. The smallest absolute Gasteiger partial charge is 0.305 e. The number of ether oxygens (including phenoxy) is 1. The highest BCUT2D eigenvalue weighted by Crippen LogP contribution is 2.52. The van der Waals surface area contributed by atoms with Crippen LogP contribution in [0.3, 0.4) is 0 Å². The lowest BCUT2D eigenvalue weighted by Gasteiger charge is -2.17. The number of amides is 1. The molecule has 0 spiro atoms. The van der Waals surface area contributed by atoms with Crippen molar-refractivity contribution in [2.45, 2.75) is 33.1 Å². The average molecular weight is 227 g/mol. The fraction of sp³-hybridized carbons (Fsp3) is 0.833. The first-order valence-electron chi connectivity index (χ1n) is 5.70. The second-order valence-electron chi connectivity index (χ2n) is 5.18. The third-order valence-electron chi connectivity index (χ3n) is 3.29. The molecule has 0 N–H and O–H groups in total. The number of nitrogens with zero attached hydrogens (tertiary/aromatic N) is 1. The summed E-state index contributed by atoms with van der Waals surface area (Å²) in [7, 11) is 3.18. The zero-order valence-corrected chi connectivity index (χ0v) is 10.6. The van der Waals surface area contributed by atoms with E-state index in [0.29, 0.717) is 19.4 Å². The van der Waals surface area contributed by atoms with Gasteiger partial charge < -0.3 is 9.64 Å². The molecular formula is C12H21NO3. The summed E-state index contributed by atoms with van der Waals surface area (Å²) in [4.78, 5) is 24.5. The topological polar surface area (TPSA) is 46.6 Å². The van der Waals surface area contributed by atoms with E-state index in [1.54, 1.807) is 11.9 Å². The molecule has 1 aliphatic carbocycles. The van der Waals surface area contributed by atoms with Crippen LogP contribution in [-0.4, -0.2) is 37.5 Å². The van der Waals surface area contributed by atoms with Crippen molar-refractivity contribution in [1.82, 2.24) is 4.90 Å². The lowest BCUT2D eigenvalue weighted by Crippen LogP contribution is -2.30. The van der Waals surface area contributed by atoms with E-state index in [-0.39, 0.29) is 23.2 Å². The molecule has 4 heteroatoms. The van der Waals surface area contributed by atoms with Crippen LogP contribution in [0.25, 0.3) is 0 Å². The molecule has 1 rings (SSSR count). The molecule has 1 fully saturated rings. The van der Waals surface area contributed by atoms with Gasteiger partial charge in [-0.2, -0.15) is 0 Å². The predicted octanol–water partition coefficient (Wildman–Crippen LogP) is 1.44. The summed E-state index contributed by atoms with van der Waals surface area (Å²) in [6.45, 7) is 4.84. The van der Waals surface area contributed by atoms with Gasteiger partial charge in [0, 0.05) is 25.9 Å². The van der Waals surface area contributed by atoms with Gasteiger partial charge in [-0.3, -0.25) is 9.59 Å². The molecule has 0 aromatic heterocycles. The van der Waals surface area contributed by atoms with Crippen molar-refractivity contribution in [2.75, 3.05) is 20.7 Å². The lowest BCUT2D eigenvalue weighted by molar-refractivity contribution is -0.141. The SMILES string of the molecule is COC(=O)CCCN(C)C(=O)C1CC1(C)C. The summed E-state index contributed by atoms with van der Waals surface area (Å²) < 4.78 is 4.54. The van der Waals surface area contributed by atoms with Gasteiger partial charge in [0.1, 0.15) is 0 Å². The van der Waals surface area contributed by atoms with E-state index in [4.69, 9.17) is 0 Å². The van der Waals surface area contributed by atoms with Crippen LogP contribution in [0.2, 0.25) is 0 Å². The minimum Gasteiger partial charge on any atom is -0.469 e. The molecular weight excluding hydrogens is 206 g/mol. The molecule has 1 amide bonds. The standard InChI is InChI=1S/C12H21NO3/c1-12(2)8-9(12)11(15)13(3)7-5-6-10(14)16-4/h9H,5-8H2,1-4H3. The van der Waals surface area contributed by atoms with Gasteiger partial charge in [0.15, 0.2) is 0 Å². The van der Waals surface area contributed by atoms with Gasteiger partial charge in [-0.05, 0) is 18.3 Å². The van der Waals surface area contributed by atoms with E-state index in [1.165, 1.54) is 7.11 Å². The Morgan fingerprint density at radius 2 is 2.00 bits per heavy atom. The monoisotopic (exact) mass is 227 g/mol. The first-order chi connectivity index (χ1) is 7.38. The Kier molecular flexibility index (Phi) is 3.94. The van der Waals surface area contributed by atoms with Gasteiger partial charge in [-0.1, -0.05) is 13.8 Å². The van der Waals surface area contributed by atoms with Crippen molar-refractivity contribution >= 4 is 11.9 Å². The minimum atomic E-state index is -0.215. The summed E-state index contributed by atoms with van der Waals surface area (Å²) in [5.41, 5.74) is 0.174. The largest absolute Gasteiger partial charge is 0.469 e. The predicted molar refractivity (Wildman–Crippen MR) is 60.8 cm³/mol. The zero-order valence-electron chi connectivity index (χ0n) is 10.6. The van der Waals surface area contributed by atoms with Crippen LogP contribution in [0.1, 0.15) is 33.1 Å². The summed E-state index contributed by atoms with van der Waals surface area (Å²) >= 11 is 0. The molecule has 1 saturated carbocycles. The van der Waals surface area contributed by atoms with Crippen LogP contribution in [0.15, 0.2) is 0 Å². The van der Waals surface area contributed by atoms with E-state index in [1.807, 2.05) is 0 Å². The molecule has 0 aromatic carbocycles. The average Bonchev–Trinajstić information content (AvgIpc) is 2.86. The Hall–Kier alpha value is -1.06. The van der Waals surface area contributed by atoms with Gasteiger partial charge in [-0.15, -0.1) is 0 Å². The molecule has 16 heavy (non-hydrogen) atoms. The van der Waals surface area contributed by atoms with E-state index in [0.717, 1.165) is 6.42 Å². The van der Waals surface area contributed by atoms with Crippen LogP contribution < -0.4 is 0 Å². The van der Waals surface area contributed by atoms with Crippen molar-refractivity contribution in [3.05, 3.63) is 0 Å². The highest BCUT2D eigenvalue weighted by atomic mass is 16.5. The maximum absolute atomic E-state index is 11.9. The fourth-order valence-corrected chi connectivity index (χ4v) is 1.83. The van der Waals surface area contributed by atoms with E-state index in [9.17, 15) is 9.59 Å². The van der Waals surface area contributed by atoms with Crippen molar-refractivity contribution in [1.29, 1.82) is 0 Å². The number of rotatable bonds is 5. The Morgan fingerprint density at radius 3 is 2.44 bits per heavy atom. The Bertz CT molecular complexity index is 286. The number of methoxy groups -OCH3 is 1.